The van der Waals surface area contributed by atoms with E-state index in [1.54, 1.807) is 13.2 Å². The molecule has 0 saturated carbocycles. The number of hydrogen-bond acceptors (Lipinski definition) is 4. The van der Waals surface area contributed by atoms with Crippen LogP contribution in [0.2, 0.25) is 5.02 Å². The fraction of sp³-hybridized carbons (Fsp3) is 0.182. The van der Waals surface area contributed by atoms with E-state index >= 15 is 0 Å². The molecule has 84 valence electrons. The Morgan fingerprint density at radius 3 is 2.88 bits per heavy atom. The Morgan fingerprint density at radius 2 is 2.31 bits per heavy atom. The number of hydrogen-bond donors (Lipinski definition) is 1. The first-order valence-corrected chi connectivity index (χ1v) is 5.98. The zero-order valence-corrected chi connectivity index (χ0v) is 10.3. The van der Waals surface area contributed by atoms with Crippen LogP contribution in [-0.2, 0) is 6.54 Å². The number of methoxy groups -OCH3 is 1. The summed E-state index contributed by atoms with van der Waals surface area (Å²) in [6.07, 6.45) is 0. The average molecular weight is 255 g/mol. The summed E-state index contributed by atoms with van der Waals surface area (Å²) in [4.78, 5) is 4.38. The predicted octanol–water partition coefficient (Wildman–Crippen LogP) is 2.93. The minimum absolute atomic E-state index is 0.457. The van der Waals surface area contributed by atoms with Crippen LogP contribution in [0, 0.1) is 0 Å². The van der Waals surface area contributed by atoms with E-state index in [1.165, 1.54) is 11.3 Å². The van der Waals surface area contributed by atoms with Crippen molar-refractivity contribution in [3.8, 4) is 17.0 Å². The third kappa shape index (κ3) is 2.19. The van der Waals surface area contributed by atoms with Crippen molar-refractivity contribution in [3.05, 3.63) is 33.6 Å². The van der Waals surface area contributed by atoms with Gasteiger partial charge in [0.25, 0.3) is 0 Å². The van der Waals surface area contributed by atoms with Crippen molar-refractivity contribution in [3.63, 3.8) is 0 Å². The van der Waals surface area contributed by atoms with Crippen LogP contribution < -0.4 is 10.5 Å². The molecule has 0 fully saturated rings. The van der Waals surface area contributed by atoms with Crippen LogP contribution in [-0.4, -0.2) is 12.1 Å². The molecule has 3 nitrogen and oxygen atoms in total. The van der Waals surface area contributed by atoms with Crippen LogP contribution in [0.15, 0.2) is 23.6 Å². The molecule has 0 spiro atoms. The van der Waals surface area contributed by atoms with Crippen molar-refractivity contribution in [2.45, 2.75) is 6.54 Å². The van der Waals surface area contributed by atoms with E-state index < -0.39 is 0 Å². The molecule has 5 heteroatoms. The zero-order valence-electron chi connectivity index (χ0n) is 8.74. The van der Waals surface area contributed by atoms with Gasteiger partial charge < -0.3 is 10.5 Å². The summed E-state index contributed by atoms with van der Waals surface area (Å²) in [5.74, 6) is 0.739. The van der Waals surface area contributed by atoms with Crippen molar-refractivity contribution >= 4 is 22.9 Å². The molecular formula is C11H11ClN2OS. The van der Waals surface area contributed by atoms with Crippen LogP contribution in [0.3, 0.4) is 0 Å². The summed E-state index contributed by atoms with van der Waals surface area (Å²) < 4.78 is 5.09. The lowest BCUT2D eigenvalue weighted by Crippen LogP contribution is -1.94. The van der Waals surface area contributed by atoms with E-state index in [0.29, 0.717) is 11.6 Å². The quantitative estimate of drug-likeness (QED) is 0.916. The summed E-state index contributed by atoms with van der Waals surface area (Å²) in [6, 6.07) is 5.54. The largest absolute Gasteiger partial charge is 0.497 e. The van der Waals surface area contributed by atoms with Gasteiger partial charge in [0, 0.05) is 17.5 Å². The Labute approximate surface area is 103 Å². The summed E-state index contributed by atoms with van der Waals surface area (Å²) in [5, 5.41) is 3.49. The lowest BCUT2D eigenvalue weighted by molar-refractivity contribution is 0.415. The first-order valence-electron chi connectivity index (χ1n) is 4.73. The lowest BCUT2D eigenvalue weighted by atomic mass is 10.1. The number of nitrogens with zero attached hydrogens (tertiary/aromatic N) is 1. The maximum atomic E-state index is 6.15. The number of ether oxygens (including phenoxy) is 1. The molecule has 0 saturated heterocycles. The van der Waals surface area contributed by atoms with E-state index in [0.717, 1.165) is 22.0 Å². The molecule has 0 amide bonds. The second kappa shape index (κ2) is 4.82. The monoisotopic (exact) mass is 254 g/mol. The molecule has 0 atom stereocenters. The van der Waals surface area contributed by atoms with E-state index in [-0.39, 0.29) is 0 Å². The second-order valence-corrected chi connectivity index (χ2v) is 4.53. The molecule has 16 heavy (non-hydrogen) atoms. The van der Waals surface area contributed by atoms with Gasteiger partial charge in [0.1, 0.15) is 10.8 Å². The van der Waals surface area contributed by atoms with Gasteiger partial charge in [-0.25, -0.2) is 4.98 Å². The van der Waals surface area contributed by atoms with Crippen molar-refractivity contribution in [2.75, 3.05) is 7.11 Å². The van der Waals surface area contributed by atoms with Crippen LogP contribution >= 0.6 is 22.9 Å². The van der Waals surface area contributed by atoms with Gasteiger partial charge in [-0.15, -0.1) is 11.3 Å². The normalized spacial score (nSPS) is 10.4. The van der Waals surface area contributed by atoms with Crippen LogP contribution in [0.1, 0.15) is 5.01 Å². The number of benzene rings is 1. The smallest absolute Gasteiger partial charge is 0.120 e. The van der Waals surface area contributed by atoms with Gasteiger partial charge >= 0.3 is 0 Å². The molecule has 1 heterocycles. The Morgan fingerprint density at radius 1 is 1.50 bits per heavy atom. The van der Waals surface area contributed by atoms with Crippen LogP contribution in [0.5, 0.6) is 5.75 Å². The van der Waals surface area contributed by atoms with Crippen molar-refractivity contribution in [1.29, 1.82) is 0 Å². The first-order chi connectivity index (χ1) is 7.74. The molecule has 0 bridgehead atoms. The maximum absolute atomic E-state index is 6.15. The van der Waals surface area contributed by atoms with Crippen LogP contribution in [0.4, 0.5) is 0 Å². The zero-order chi connectivity index (χ0) is 11.5. The highest BCUT2D eigenvalue weighted by atomic mass is 35.5. The average Bonchev–Trinajstić information content (AvgIpc) is 2.77. The van der Waals surface area contributed by atoms with E-state index in [2.05, 4.69) is 4.98 Å². The molecule has 0 aliphatic heterocycles. The second-order valence-electron chi connectivity index (χ2n) is 3.18. The SMILES string of the molecule is COc1ccc(-c2csc(CN)n2)c(Cl)c1. The van der Waals surface area contributed by atoms with E-state index in [4.69, 9.17) is 22.1 Å². The third-order valence-corrected chi connectivity index (χ3v) is 3.36. The molecular weight excluding hydrogens is 244 g/mol. The Kier molecular flexibility index (Phi) is 3.43. The molecule has 2 rings (SSSR count). The fourth-order valence-corrected chi connectivity index (χ4v) is 2.30. The first kappa shape index (κ1) is 11.4. The van der Waals surface area contributed by atoms with Gasteiger partial charge in [-0.1, -0.05) is 11.6 Å². The topological polar surface area (TPSA) is 48.1 Å². The lowest BCUT2D eigenvalue weighted by Gasteiger charge is -2.03. The molecule has 0 aliphatic rings. The van der Waals surface area contributed by atoms with Gasteiger partial charge in [-0.2, -0.15) is 0 Å². The Balaban J connectivity index is 2.40. The minimum Gasteiger partial charge on any atom is -0.497 e. The number of nitrogens with two attached hydrogens (primary N) is 1. The minimum atomic E-state index is 0.457. The number of rotatable bonds is 3. The van der Waals surface area contributed by atoms with Gasteiger partial charge in [0.2, 0.25) is 0 Å². The van der Waals surface area contributed by atoms with Crippen LogP contribution in [0.25, 0.3) is 11.3 Å². The highest BCUT2D eigenvalue weighted by molar-refractivity contribution is 7.09. The standard InChI is InChI=1S/C11H11ClN2OS/c1-15-7-2-3-8(9(12)4-7)10-6-16-11(5-13)14-10/h2-4,6H,5,13H2,1H3. The summed E-state index contributed by atoms with van der Waals surface area (Å²) in [7, 11) is 1.61. The van der Waals surface area contributed by atoms with Gasteiger partial charge in [-0.05, 0) is 18.2 Å². The van der Waals surface area contributed by atoms with E-state index in [1.807, 2.05) is 17.5 Å². The fourth-order valence-electron chi connectivity index (χ4n) is 1.36. The van der Waals surface area contributed by atoms with Gasteiger partial charge in [-0.3, -0.25) is 0 Å². The number of halogens is 1. The Hall–Kier alpha value is -1.10. The molecule has 0 unspecified atom stereocenters. The third-order valence-electron chi connectivity index (χ3n) is 2.18. The molecule has 0 radical (unpaired) electrons. The van der Waals surface area contributed by atoms with Gasteiger partial charge in [0.05, 0.1) is 17.8 Å². The van der Waals surface area contributed by atoms with Gasteiger partial charge in [0.15, 0.2) is 0 Å². The predicted molar refractivity (Wildman–Crippen MR) is 67.0 cm³/mol. The molecule has 2 N–H and O–H groups in total. The van der Waals surface area contributed by atoms with Crippen molar-refractivity contribution < 1.29 is 4.74 Å². The molecule has 1 aromatic heterocycles. The molecule has 0 aliphatic carbocycles. The van der Waals surface area contributed by atoms with Crippen molar-refractivity contribution in [1.82, 2.24) is 4.98 Å². The molecule has 2 aromatic rings. The van der Waals surface area contributed by atoms with E-state index in [9.17, 15) is 0 Å². The molecule has 1 aromatic carbocycles. The summed E-state index contributed by atoms with van der Waals surface area (Å²) in [6.45, 7) is 0.457. The highest BCUT2D eigenvalue weighted by Crippen LogP contribution is 2.31. The highest BCUT2D eigenvalue weighted by Gasteiger charge is 2.08. The Bertz CT molecular complexity index is 498. The summed E-state index contributed by atoms with van der Waals surface area (Å²) >= 11 is 7.69. The number of thiazole rings is 1. The number of aromatic nitrogens is 1. The summed E-state index contributed by atoms with van der Waals surface area (Å²) in [5.41, 5.74) is 7.28. The maximum Gasteiger partial charge on any atom is 0.120 e. The van der Waals surface area contributed by atoms with Crippen molar-refractivity contribution in [2.24, 2.45) is 5.73 Å².